The topological polar surface area (TPSA) is 60.2 Å². The highest BCUT2D eigenvalue weighted by atomic mass is 32.1. The first-order chi connectivity index (χ1) is 10.1. The summed E-state index contributed by atoms with van der Waals surface area (Å²) in [5.41, 5.74) is 2.49. The van der Waals surface area contributed by atoms with Crippen molar-refractivity contribution in [2.45, 2.75) is 19.4 Å². The summed E-state index contributed by atoms with van der Waals surface area (Å²) in [6.45, 7) is 1.87. The molecule has 0 amide bonds. The van der Waals surface area contributed by atoms with Crippen molar-refractivity contribution in [3.05, 3.63) is 40.5 Å². The highest BCUT2D eigenvalue weighted by Crippen LogP contribution is 2.32. The van der Waals surface area contributed by atoms with Gasteiger partial charge in [-0.05, 0) is 19.1 Å². The van der Waals surface area contributed by atoms with E-state index in [4.69, 9.17) is 4.74 Å². The van der Waals surface area contributed by atoms with Gasteiger partial charge in [0, 0.05) is 13.5 Å². The number of aromatic nitrogens is 3. The minimum atomic E-state index is -0.672. The van der Waals surface area contributed by atoms with Crippen LogP contribution in [0.15, 0.2) is 24.3 Å². The number of aliphatic hydroxyl groups is 1. The van der Waals surface area contributed by atoms with Crippen molar-refractivity contribution in [2.24, 2.45) is 7.05 Å². The summed E-state index contributed by atoms with van der Waals surface area (Å²) in [7, 11) is 3.39. The zero-order valence-corrected chi connectivity index (χ0v) is 13.0. The molecule has 0 saturated carbocycles. The number of fused-ring (bicyclic) bond motifs is 1. The van der Waals surface area contributed by atoms with Crippen LogP contribution in [0.3, 0.4) is 0 Å². The Kier molecular flexibility index (Phi) is 3.65. The van der Waals surface area contributed by atoms with Crippen molar-refractivity contribution in [3.63, 3.8) is 0 Å². The summed E-state index contributed by atoms with van der Waals surface area (Å²) in [5, 5.41) is 15.8. The quantitative estimate of drug-likeness (QED) is 0.805. The van der Waals surface area contributed by atoms with Crippen molar-refractivity contribution in [1.82, 2.24) is 14.8 Å². The maximum atomic E-state index is 10.5. The monoisotopic (exact) mass is 303 g/mol. The van der Waals surface area contributed by atoms with E-state index in [1.807, 2.05) is 31.2 Å². The fraction of sp³-hybridized carbons (Fsp3) is 0.333. The van der Waals surface area contributed by atoms with E-state index in [1.165, 1.54) is 0 Å². The summed E-state index contributed by atoms with van der Waals surface area (Å²) >= 11 is 1.61. The number of benzene rings is 1. The average Bonchev–Trinajstić information content (AvgIpc) is 2.97. The van der Waals surface area contributed by atoms with Crippen LogP contribution < -0.4 is 4.74 Å². The van der Waals surface area contributed by atoms with Gasteiger partial charge in [0.25, 0.3) is 0 Å². The maximum absolute atomic E-state index is 10.5. The number of nitrogens with zero attached hydrogens (tertiary/aromatic N) is 3. The Morgan fingerprint density at radius 1 is 1.38 bits per heavy atom. The molecule has 1 aromatic carbocycles. The SMILES string of the molecule is COc1c(C(O)Cc2nc3ccccc3s2)c(C)nn1C. The molecule has 0 fully saturated rings. The van der Waals surface area contributed by atoms with Crippen LogP contribution in [-0.4, -0.2) is 27.0 Å². The molecule has 0 spiro atoms. The third-order valence-corrected chi connectivity index (χ3v) is 4.51. The third-order valence-electron chi connectivity index (χ3n) is 3.45. The molecule has 2 aromatic heterocycles. The third kappa shape index (κ3) is 2.52. The Morgan fingerprint density at radius 3 is 2.86 bits per heavy atom. The van der Waals surface area contributed by atoms with Crippen molar-refractivity contribution < 1.29 is 9.84 Å². The molecule has 0 saturated heterocycles. The number of thiazole rings is 1. The van der Waals surface area contributed by atoms with Gasteiger partial charge in [0.15, 0.2) is 0 Å². The lowest BCUT2D eigenvalue weighted by Crippen LogP contribution is -2.05. The van der Waals surface area contributed by atoms with Gasteiger partial charge in [0.2, 0.25) is 5.88 Å². The molecule has 0 bridgehead atoms. The molecular formula is C15H17N3O2S. The predicted octanol–water partition coefficient (Wildman–Crippen LogP) is 2.62. The van der Waals surface area contributed by atoms with Gasteiger partial charge in [-0.1, -0.05) is 12.1 Å². The van der Waals surface area contributed by atoms with E-state index in [0.29, 0.717) is 12.3 Å². The van der Waals surface area contributed by atoms with Crippen LogP contribution in [0.1, 0.15) is 22.4 Å². The number of para-hydroxylation sites is 1. The number of hydrogen-bond donors (Lipinski definition) is 1. The van der Waals surface area contributed by atoms with Crippen LogP contribution in [0, 0.1) is 6.92 Å². The fourth-order valence-electron chi connectivity index (χ4n) is 2.55. The molecule has 1 atom stereocenters. The Morgan fingerprint density at radius 2 is 2.14 bits per heavy atom. The normalized spacial score (nSPS) is 12.8. The van der Waals surface area contributed by atoms with E-state index in [9.17, 15) is 5.11 Å². The van der Waals surface area contributed by atoms with Crippen LogP contribution in [0.2, 0.25) is 0 Å². The Hall–Kier alpha value is -1.92. The fourth-order valence-corrected chi connectivity index (χ4v) is 3.56. The number of methoxy groups -OCH3 is 1. The first-order valence-corrected chi connectivity index (χ1v) is 7.51. The molecule has 5 nitrogen and oxygen atoms in total. The lowest BCUT2D eigenvalue weighted by Gasteiger charge is -2.10. The van der Waals surface area contributed by atoms with E-state index in [1.54, 1.807) is 30.2 Å². The van der Waals surface area contributed by atoms with E-state index >= 15 is 0 Å². The first kappa shape index (κ1) is 14.0. The largest absolute Gasteiger partial charge is 0.481 e. The Labute approximate surface area is 126 Å². The molecule has 3 aromatic rings. The van der Waals surface area contributed by atoms with Crippen LogP contribution in [0.25, 0.3) is 10.2 Å². The molecule has 0 radical (unpaired) electrons. The summed E-state index contributed by atoms with van der Waals surface area (Å²) in [6, 6.07) is 7.99. The second-order valence-electron chi connectivity index (χ2n) is 4.93. The molecule has 21 heavy (non-hydrogen) atoms. The highest BCUT2D eigenvalue weighted by Gasteiger charge is 2.22. The summed E-state index contributed by atoms with van der Waals surface area (Å²) in [4.78, 5) is 4.56. The number of hydrogen-bond acceptors (Lipinski definition) is 5. The predicted molar refractivity (Wildman–Crippen MR) is 82.8 cm³/mol. The van der Waals surface area contributed by atoms with E-state index in [2.05, 4.69) is 10.1 Å². The molecule has 6 heteroatoms. The summed E-state index contributed by atoms with van der Waals surface area (Å²) in [5.74, 6) is 0.598. The smallest absolute Gasteiger partial charge is 0.217 e. The van der Waals surface area contributed by atoms with Crippen molar-refractivity contribution in [3.8, 4) is 5.88 Å². The van der Waals surface area contributed by atoms with E-state index in [0.717, 1.165) is 26.5 Å². The number of ether oxygens (including phenoxy) is 1. The molecule has 2 heterocycles. The molecule has 110 valence electrons. The van der Waals surface area contributed by atoms with Crippen LogP contribution in [0.5, 0.6) is 5.88 Å². The van der Waals surface area contributed by atoms with Crippen LogP contribution in [0.4, 0.5) is 0 Å². The Balaban J connectivity index is 1.91. The van der Waals surface area contributed by atoms with Gasteiger partial charge >= 0.3 is 0 Å². The molecule has 1 N–H and O–H groups in total. The number of rotatable bonds is 4. The van der Waals surface area contributed by atoms with Crippen LogP contribution in [-0.2, 0) is 13.5 Å². The second kappa shape index (κ2) is 5.46. The molecule has 1 unspecified atom stereocenters. The Bertz CT molecular complexity index is 745. The summed E-state index contributed by atoms with van der Waals surface area (Å²) in [6.07, 6.45) is -0.211. The van der Waals surface area contributed by atoms with Gasteiger partial charge in [0.1, 0.15) is 0 Å². The minimum Gasteiger partial charge on any atom is -0.481 e. The molecule has 3 rings (SSSR count). The van der Waals surface area contributed by atoms with Gasteiger partial charge < -0.3 is 9.84 Å². The van der Waals surface area contributed by atoms with Gasteiger partial charge in [-0.15, -0.1) is 11.3 Å². The van der Waals surface area contributed by atoms with Gasteiger partial charge in [-0.25, -0.2) is 9.67 Å². The van der Waals surface area contributed by atoms with Gasteiger partial charge in [-0.2, -0.15) is 5.10 Å². The number of aryl methyl sites for hydroxylation is 2. The molecule has 0 aliphatic heterocycles. The zero-order chi connectivity index (χ0) is 15.0. The maximum Gasteiger partial charge on any atom is 0.217 e. The lowest BCUT2D eigenvalue weighted by molar-refractivity contribution is 0.172. The minimum absolute atomic E-state index is 0.461. The summed E-state index contributed by atoms with van der Waals surface area (Å²) < 4.78 is 8.12. The van der Waals surface area contributed by atoms with Gasteiger partial charge in [-0.3, -0.25) is 0 Å². The van der Waals surface area contributed by atoms with E-state index < -0.39 is 6.10 Å². The second-order valence-corrected chi connectivity index (χ2v) is 6.04. The highest BCUT2D eigenvalue weighted by molar-refractivity contribution is 7.18. The molecule has 0 aliphatic rings. The van der Waals surface area contributed by atoms with Crippen LogP contribution >= 0.6 is 11.3 Å². The van der Waals surface area contributed by atoms with Crippen molar-refractivity contribution in [1.29, 1.82) is 0 Å². The molecular weight excluding hydrogens is 286 g/mol. The van der Waals surface area contributed by atoms with Crippen molar-refractivity contribution >= 4 is 21.6 Å². The zero-order valence-electron chi connectivity index (χ0n) is 12.2. The average molecular weight is 303 g/mol. The van der Waals surface area contributed by atoms with Crippen molar-refractivity contribution in [2.75, 3.05) is 7.11 Å². The number of aliphatic hydroxyl groups excluding tert-OH is 1. The van der Waals surface area contributed by atoms with E-state index in [-0.39, 0.29) is 0 Å². The lowest BCUT2D eigenvalue weighted by atomic mass is 10.1. The standard InChI is InChI=1S/C15H17N3O2S/c1-9-14(15(20-3)18(2)17-9)11(19)8-13-16-10-6-4-5-7-12(10)21-13/h4-7,11,19H,8H2,1-3H3. The van der Waals surface area contributed by atoms with Gasteiger partial charge in [0.05, 0.1) is 39.7 Å². The first-order valence-electron chi connectivity index (χ1n) is 6.70. The molecule has 0 aliphatic carbocycles.